The number of nitriles is 1. The summed E-state index contributed by atoms with van der Waals surface area (Å²) in [7, 11) is 0. The zero-order valence-corrected chi connectivity index (χ0v) is 12.9. The van der Waals surface area contributed by atoms with E-state index in [0.717, 1.165) is 0 Å². The standard InChI is InChI=1S/C15H15F3N6/c1-9-10(7-19)2-3-12(21-9)20-8-14-23-22-13-6-11(15(16,17)18)4-5-24(13)14/h2-3,11H,4-6,8H2,1H3,(H,20,21). The molecular formula is C15H15F3N6. The van der Waals surface area contributed by atoms with E-state index in [4.69, 9.17) is 5.26 Å². The minimum atomic E-state index is -4.19. The van der Waals surface area contributed by atoms with E-state index in [1.807, 2.05) is 6.07 Å². The molecule has 0 saturated carbocycles. The summed E-state index contributed by atoms with van der Waals surface area (Å²) in [6.45, 7) is 2.30. The molecule has 1 N–H and O–H groups in total. The molecule has 3 heterocycles. The molecule has 9 heteroatoms. The van der Waals surface area contributed by atoms with Crippen molar-refractivity contribution in [2.75, 3.05) is 5.32 Å². The highest BCUT2D eigenvalue weighted by molar-refractivity contribution is 5.43. The molecule has 1 aliphatic heterocycles. The third-order valence-corrected chi connectivity index (χ3v) is 4.13. The lowest BCUT2D eigenvalue weighted by Gasteiger charge is -2.25. The lowest BCUT2D eigenvalue weighted by Crippen LogP contribution is -2.31. The van der Waals surface area contributed by atoms with Gasteiger partial charge in [0.25, 0.3) is 0 Å². The Morgan fingerprint density at radius 3 is 2.83 bits per heavy atom. The number of fused-ring (bicyclic) bond motifs is 1. The van der Waals surface area contributed by atoms with E-state index in [0.29, 0.717) is 35.3 Å². The number of anilines is 1. The van der Waals surface area contributed by atoms with Crippen molar-refractivity contribution in [3.63, 3.8) is 0 Å². The Hall–Kier alpha value is -2.63. The number of rotatable bonds is 3. The van der Waals surface area contributed by atoms with Gasteiger partial charge in [-0.1, -0.05) is 0 Å². The molecule has 6 nitrogen and oxygen atoms in total. The highest BCUT2D eigenvalue weighted by Gasteiger charge is 2.42. The molecule has 0 radical (unpaired) electrons. The quantitative estimate of drug-likeness (QED) is 0.932. The normalized spacial score (nSPS) is 17.2. The minimum absolute atomic E-state index is 0.0375. The Morgan fingerprint density at radius 1 is 1.38 bits per heavy atom. The average Bonchev–Trinajstić information content (AvgIpc) is 2.94. The van der Waals surface area contributed by atoms with Gasteiger partial charge in [0.05, 0.1) is 23.7 Å². The summed E-state index contributed by atoms with van der Waals surface area (Å²) in [5.74, 6) is 0.171. The number of nitrogens with zero attached hydrogens (tertiary/aromatic N) is 5. The van der Waals surface area contributed by atoms with Gasteiger partial charge in [-0.15, -0.1) is 10.2 Å². The Kier molecular flexibility index (Phi) is 4.13. The molecule has 1 unspecified atom stereocenters. The molecule has 0 aliphatic carbocycles. The van der Waals surface area contributed by atoms with Gasteiger partial charge in [-0.05, 0) is 25.5 Å². The van der Waals surface area contributed by atoms with Crippen molar-refractivity contribution in [3.8, 4) is 6.07 Å². The number of nitrogens with one attached hydrogen (secondary N) is 1. The van der Waals surface area contributed by atoms with Crippen LogP contribution in [-0.2, 0) is 19.5 Å². The van der Waals surface area contributed by atoms with E-state index in [2.05, 4.69) is 20.5 Å². The van der Waals surface area contributed by atoms with Crippen molar-refractivity contribution in [1.82, 2.24) is 19.7 Å². The fraction of sp³-hybridized carbons (Fsp3) is 0.467. The molecular weight excluding hydrogens is 321 g/mol. The number of hydrogen-bond acceptors (Lipinski definition) is 5. The Morgan fingerprint density at radius 2 is 2.17 bits per heavy atom. The number of hydrogen-bond donors (Lipinski definition) is 1. The van der Waals surface area contributed by atoms with Crippen molar-refractivity contribution in [1.29, 1.82) is 5.26 Å². The maximum Gasteiger partial charge on any atom is 0.392 e. The van der Waals surface area contributed by atoms with E-state index in [-0.39, 0.29) is 19.4 Å². The van der Waals surface area contributed by atoms with E-state index in [9.17, 15) is 13.2 Å². The first-order valence-electron chi connectivity index (χ1n) is 7.47. The largest absolute Gasteiger partial charge is 0.392 e. The first kappa shape index (κ1) is 16.2. The van der Waals surface area contributed by atoms with Crippen molar-refractivity contribution >= 4 is 5.82 Å². The summed E-state index contributed by atoms with van der Waals surface area (Å²) in [6.07, 6.45) is -4.29. The van der Waals surface area contributed by atoms with Crippen LogP contribution >= 0.6 is 0 Å². The molecule has 1 aliphatic rings. The van der Waals surface area contributed by atoms with Crippen LogP contribution in [0.4, 0.5) is 19.0 Å². The third-order valence-electron chi connectivity index (χ3n) is 4.13. The monoisotopic (exact) mass is 336 g/mol. The predicted octanol–water partition coefficient (Wildman–Crippen LogP) is 2.59. The van der Waals surface area contributed by atoms with Crippen LogP contribution in [0.15, 0.2) is 12.1 Å². The van der Waals surface area contributed by atoms with Gasteiger partial charge in [-0.2, -0.15) is 18.4 Å². The Balaban J connectivity index is 1.69. The summed E-state index contributed by atoms with van der Waals surface area (Å²) >= 11 is 0. The number of aryl methyl sites for hydroxylation is 1. The number of alkyl halides is 3. The van der Waals surface area contributed by atoms with Crippen LogP contribution in [0.5, 0.6) is 0 Å². The SMILES string of the molecule is Cc1nc(NCc2nnc3n2CCC(C(F)(F)F)C3)ccc1C#N. The third kappa shape index (κ3) is 3.18. The molecule has 3 rings (SSSR count). The molecule has 0 amide bonds. The first-order valence-corrected chi connectivity index (χ1v) is 7.47. The summed E-state index contributed by atoms with van der Waals surface area (Å²) in [4.78, 5) is 4.26. The summed E-state index contributed by atoms with van der Waals surface area (Å²) in [5, 5.41) is 19.8. The smallest absolute Gasteiger partial charge is 0.363 e. The second-order valence-electron chi connectivity index (χ2n) is 5.71. The zero-order chi connectivity index (χ0) is 17.3. The Labute approximate surface area is 136 Å². The molecule has 126 valence electrons. The lowest BCUT2D eigenvalue weighted by atomic mass is 9.97. The maximum absolute atomic E-state index is 12.8. The molecule has 2 aromatic rings. The molecule has 24 heavy (non-hydrogen) atoms. The summed E-state index contributed by atoms with van der Waals surface area (Å²) in [5.41, 5.74) is 1.11. The van der Waals surface area contributed by atoms with E-state index < -0.39 is 12.1 Å². The van der Waals surface area contributed by atoms with Crippen molar-refractivity contribution in [3.05, 3.63) is 35.0 Å². The van der Waals surface area contributed by atoms with Gasteiger partial charge in [-0.25, -0.2) is 4.98 Å². The number of aromatic nitrogens is 4. The fourth-order valence-corrected chi connectivity index (χ4v) is 2.75. The molecule has 0 saturated heterocycles. The van der Waals surface area contributed by atoms with Crippen molar-refractivity contribution in [2.24, 2.45) is 5.92 Å². The highest BCUT2D eigenvalue weighted by atomic mass is 19.4. The van der Waals surface area contributed by atoms with Gasteiger partial charge in [0.15, 0.2) is 5.82 Å². The Bertz CT molecular complexity index is 789. The van der Waals surface area contributed by atoms with Gasteiger partial charge < -0.3 is 9.88 Å². The highest BCUT2D eigenvalue weighted by Crippen LogP contribution is 2.34. The van der Waals surface area contributed by atoms with Crippen LogP contribution in [0.3, 0.4) is 0 Å². The van der Waals surface area contributed by atoms with Gasteiger partial charge in [0.2, 0.25) is 0 Å². The molecule has 0 aromatic carbocycles. The van der Waals surface area contributed by atoms with Crippen LogP contribution in [0.1, 0.15) is 29.3 Å². The molecule has 1 atom stereocenters. The zero-order valence-electron chi connectivity index (χ0n) is 12.9. The molecule has 0 bridgehead atoms. The van der Waals surface area contributed by atoms with Gasteiger partial charge in [-0.3, -0.25) is 0 Å². The van der Waals surface area contributed by atoms with E-state index in [1.54, 1.807) is 23.6 Å². The van der Waals surface area contributed by atoms with Crippen molar-refractivity contribution in [2.45, 2.75) is 39.0 Å². The van der Waals surface area contributed by atoms with Gasteiger partial charge in [0.1, 0.15) is 17.7 Å². The van der Waals surface area contributed by atoms with Gasteiger partial charge in [0, 0.05) is 13.0 Å². The second kappa shape index (κ2) is 6.11. The fourth-order valence-electron chi connectivity index (χ4n) is 2.75. The molecule has 0 fully saturated rings. The van der Waals surface area contributed by atoms with Crippen molar-refractivity contribution < 1.29 is 13.2 Å². The summed E-state index contributed by atoms with van der Waals surface area (Å²) < 4.78 is 40.2. The molecule has 2 aromatic heterocycles. The summed E-state index contributed by atoms with van der Waals surface area (Å²) in [6, 6.07) is 5.38. The second-order valence-corrected chi connectivity index (χ2v) is 5.71. The minimum Gasteiger partial charge on any atom is -0.363 e. The predicted molar refractivity (Wildman–Crippen MR) is 78.9 cm³/mol. The van der Waals surface area contributed by atoms with Crippen LogP contribution in [-0.4, -0.2) is 25.9 Å². The van der Waals surface area contributed by atoms with Crippen LogP contribution in [0, 0.1) is 24.2 Å². The average molecular weight is 336 g/mol. The molecule has 0 spiro atoms. The lowest BCUT2D eigenvalue weighted by molar-refractivity contribution is -0.179. The van der Waals surface area contributed by atoms with Crippen LogP contribution in [0.25, 0.3) is 0 Å². The maximum atomic E-state index is 12.8. The van der Waals surface area contributed by atoms with Gasteiger partial charge >= 0.3 is 6.18 Å². The van der Waals surface area contributed by atoms with Crippen LogP contribution in [0.2, 0.25) is 0 Å². The van der Waals surface area contributed by atoms with E-state index in [1.165, 1.54) is 0 Å². The van der Waals surface area contributed by atoms with E-state index >= 15 is 0 Å². The number of halogens is 3. The number of pyridine rings is 1. The topological polar surface area (TPSA) is 79.4 Å². The van der Waals surface area contributed by atoms with Crippen LogP contribution < -0.4 is 5.32 Å². The first-order chi connectivity index (χ1) is 11.4.